The molecular formula is C22H25FN2O4. The summed E-state index contributed by atoms with van der Waals surface area (Å²) in [5.41, 5.74) is 2.87. The van der Waals surface area contributed by atoms with E-state index in [2.05, 4.69) is 0 Å². The zero-order valence-corrected chi connectivity index (χ0v) is 16.7. The van der Waals surface area contributed by atoms with Crippen molar-refractivity contribution >= 4 is 11.8 Å². The number of benzene rings is 2. The first-order valence-corrected chi connectivity index (χ1v) is 9.47. The number of hydroxylamine groups is 1. The monoisotopic (exact) mass is 400 g/mol. The minimum Gasteiger partial charge on any atom is -0.491 e. The summed E-state index contributed by atoms with van der Waals surface area (Å²) in [6.07, 6.45) is 0.485. The first-order chi connectivity index (χ1) is 13.7. The first kappa shape index (κ1) is 20.8. The highest BCUT2D eigenvalue weighted by atomic mass is 19.1. The third-order valence-electron chi connectivity index (χ3n) is 5.18. The number of ether oxygens (including phenoxy) is 1. The number of halogens is 1. The Bertz CT molecular complexity index is 912. The maximum absolute atomic E-state index is 13.4. The van der Waals surface area contributed by atoms with Crippen LogP contribution >= 0.6 is 0 Å². The Morgan fingerprint density at radius 1 is 1.24 bits per heavy atom. The molecule has 0 radical (unpaired) electrons. The van der Waals surface area contributed by atoms with Gasteiger partial charge in [-0.3, -0.25) is 14.8 Å². The van der Waals surface area contributed by atoms with Crippen LogP contribution in [-0.2, 0) is 17.8 Å². The molecule has 3 rings (SSSR count). The van der Waals surface area contributed by atoms with Crippen molar-refractivity contribution in [2.45, 2.75) is 39.8 Å². The first-order valence-electron chi connectivity index (χ1n) is 9.47. The lowest BCUT2D eigenvalue weighted by Gasteiger charge is -2.34. The van der Waals surface area contributed by atoms with E-state index in [1.165, 1.54) is 12.1 Å². The van der Waals surface area contributed by atoms with E-state index in [4.69, 9.17) is 9.94 Å². The van der Waals surface area contributed by atoms with Crippen molar-refractivity contribution in [2.24, 2.45) is 5.41 Å². The van der Waals surface area contributed by atoms with E-state index >= 15 is 0 Å². The number of rotatable bonds is 4. The molecular weight excluding hydrogens is 375 g/mol. The second kappa shape index (κ2) is 8.21. The van der Waals surface area contributed by atoms with Crippen molar-refractivity contribution in [3.05, 3.63) is 65.0 Å². The molecule has 1 unspecified atom stereocenters. The molecule has 2 aromatic rings. The molecule has 1 heterocycles. The third-order valence-corrected chi connectivity index (χ3v) is 5.18. The van der Waals surface area contributed by atoms with Crippen molar-refractivity contribution in [3.63, 3.8) is 0 Å². The lowest BCUT2D eigenvalue weighted by atomic mass is 9.83. The average molecular weight is 400 g/mol. The van der Waals surface area contributed by atoms with E-state index in [-0.39, 0.29) is 29.9 Å². The van der Waals surface area contributed by atoms with Crippen molar-refractivity contribution in [3.8, 4) is 5.75 Å². The topological polar surface area (TPSA) is 78.9 Å². The fourth-order valence-corrected chi connectivity index (χ4v) is 3.51. The Labute approximate surface area is 169 Å². The summed E-state index contributed by atoms with van der Waals surface area (Å²) >= 11 is 0. The molecule has 0 bridgehead atoms. The molecule has 0 aliphatic carbocycles. The predicted molar refractivity (Wildman–Crippen MR) is 105 cm³/mol. The molecule has 2 N–H and O–H groups in total. The quantitative estimate of drug-likeness (QED) is 0.610. The van der Waals surface area contributed by atoms with E-state index in [0.29, 0.717) is 18.7 Å². The highest BCUT2D eigenvalue weighted by Crippen LogP contribution is 2.31. The summed E-state index contributed by atoms with van der Waals surface area (Å²) in [6.45, 7) is 6.32. The van der Waals surface area contributed by atoms with Gasteiger partial charge in [0, 0.05) is 23.1 Å². The van der Waals surface area contributed by atoms with Crippen LogP contribution in [0.2, 0.25) is 0 Å². The second-order valence-electron chi connectivity index (χ2n) is 8.04. The van der Waals surface area contributed by atoms with Crippen LogP contribution in [0.1, 0.15) is 42.3 Å². The van der Waals surface area contributed by atoms with E-state index in [9.17, 15) is 14.0 Å². The maximum atomic E-state index is 13.4. The normalized spacial score (nSPS) is 16.4. The Morgan fingerprint density at radius 3 is 2.59 bits per heavy atom. The number of nitrogens with zero attached hydrogens (tertiary/aromatic N) is 1. The van der Waals surface area contributed by atoms with Crippen molar-refractivity contribution < 1.29 is 23.9 Å². The van der Waals surface area contributed by atoms with Crippen LogP contribution in [-0.4, -0.2) is 34.6 Å². The number of nitrogens with one attached hydrogen (secondary N) is 1. The Kier molecular flexibility index (Phi) is 5.88. The summed E-state index contributed by atoms with van der Waals surface area (Å²) < 4.78 is 19.0. The summed E-state index contributed by atoms with van der Waals surface area (Å²) in [6, 6.07) is 10.9. The van der Waals surface area contributed by atoms with Crippen LogP contribution in [0.3, 0.4) is 0 Å². The van der Waals surface area contributed by atoms with Gasteiger partial charge in [0.1, 0.15) is 18.2 Å². The van der Waals surface area contributed by atoms with E-state index in [0.717, 1.165) is 11.1 Å². The smallest absolute Gasteiger partial charge is 0.274 e. The van der Waals surface area contributed by atoms with E-state index < -0.39 is 11.3 Å². The van der Waals surface area contributed by atoms with Crippen molar-refractivity contribution in [1.82, 2.24) is 10.4 Å². The lowest BCUT2D eigenvalue weighted by Crippen LogP contribution is -2.47. The molecule has 0 saturated heterocycles. The minimum atomic E-state index is -0.687. The molecule has 1 aliphatic heterocycles. The Hall–Kier alpha value is -2.93. The molecule has 29 heavy (non-hydrogen) atoms. The fourth-order valence-electron chi connectivity index (χ4n) is 3.51. The zero-order valence-electron chi connectivity index (χ0n) is 16.7. The summed E-state index contributed by atoms with van der Waals surface area (Å²) in [4.78, 5) is 26.8. The van der Waals surface area contributed by atoms with E-state index in [1.54, 1.807) is 40.7 Å². The molecule has 0 aromatic heterocycles. The SMILES string of the molecule is CC1COc2cc(C(=O)NO)ccc2CN1C(=O)C(C)(C)Cc1ccc(F)cc1. The standard InChI is InChI=1S/C22H25FN2O4/c1-14-13-29-19-10-16(20(26)24-28)6-7-17(19)12-25(14)21(27)22(2,3)11-15-4-8-18(23)9-5-15/h4-10,14,28H,11-13H2,1-3H3,(H,24,26). The van der Waals surface area contributed by atoms with Gasteiger partial charge in [0.2, 0.25) is 5.91 Å². The molecule has 7 heteroatoms. The van der Waals surface area contributed by atoms with Crippen LogP contribution in [0.4, 0.5) is 4.39 Å². The largest absolute Gasteiger partial charge is 0.491 e. The van der Waals surface area contributed by atoms with Gasteiger partial charge in [0.15, 0.2) is 0 Å². The Morgan fingerprint density at radius 2 is 1.93 bits per heavy atom. The highest BCUT2D eigenvalue weighted by molar-refractivity contribution is 5.93. The van der Waals surface area contributed by atoms with Crippen molar-refractivity contribution in [2.75, 3.05) is 6.61 Å². The highest BCUT2D eigenvalue weighted by Gasteiger charge is 2.36. The number of carbonyl (C=O) groups excluding carboxylic acids is 2. The summed E-state index contributed by atoms with van der Waals surface area (Å²) in [5, 5.41) is 8.82. The van der Waals surface area contributed by atoms with Crippen LogP contribution in [0, 0.1) is 11.2 Å². The van der Waals surface area contributed by atoms with Gasteiger partial charge < -0.3 is 9.64 Å². The van der Waals surface area contributed by atoms with E-state index in [1.807, 2.05) is 20.8 Å². The van der Waals surface area contributed by atoms with Gasteiger partial charge in [0.05, 0.1) is 6.04 Å². The van der Waals surface area contributed by atoms with Gasteiger partial charge in [0.25, 0.3) is 5.91 Å². The second-order valence-corrected chi connectivity index (χ2v) is 8.04. The van der Waals surface area contributed by atoms with Crippen LogP contribution in [0.15, 0.2) is 42.5 Å². The summed E-state index contributed by atoms with van der Waals surface area (Å²) in [5.74, 6) is -0.434. The number of carbonyl (C=O) groups is 2. The number of hydrogen-bond donors (Lipinski definition) is 2. The molecule has 0 fully saturated rings. The number of fused-ring (bicyclic) bond motifs is 1. The van der Waals surface area contributed by atoms with Gasteiger partial charge in [-0.05, 0) is 43.2 Å². The Balaban J connectivity index is 1.82. The minimum absolute atomic E-state index is 0.0250. The van der Waals surface area contributed by atoms with Gasteiger partial charge >= 0.3 is 0 Å². The van der Waals surface area contributed by atoms with Gasteiger partial charge in [-0.15, -0.1) is 0 Å². The number of hydrogen-bond acceptors (Lipinski definition) is 4. The van der Waals surface area contributed by atoms with Crippen LogP contribution < -0.4 is 10.2 Å². The molecule has 1 atom stereocenters. The molecule has 1 aliphatic rings. The van der Waals surface area contributed by atoms with Crippen LogP contribution in [0.5, 0.6) is 5.75 Å². The van der Waals surface area contributed by atoms with Crippen LogP contribution in [0.25, 0.3) is 0 Å². The summed E-state index contributed by atoms with van der Waals surface area (Å²) in [7, 11) is 0. The molecule has 0 saturated carbocycles. The molecule has 2 amide bonds. The molecule has 2 aromatic carbocycles. The van der Waals surface area contributed by atoms with Crippen molar-refractivity contribution in [1.29, 1.82) is 0 Å². The predicted octanol–water partition coefficient (Wildman–Crippen LogP) is 3.32. The number of amides is 2. The molecule has 6 nitrogen and oxygen atoms in total. The van der Waals surface area contributed by atoms with Gasteiger partial charge in [-0.25, -0.2) is 9.87 Å². The molecule has 154 valence electrons. The third kappa shape index (κ3) is 4.56. The zero-order chi connectivity index (χ0) is 21.2. The van der Waals surface area contributed by atoms with Gasteiger partial charge in [-0.2, -0.15) is 0 Å². The average Bonchev–Trinajstić information content (AvgIpc) is 2.86. The van der Waals surface area contributed by atoms with Gasteiger partial charge in [-0.1, -0.05) is 32.0 Å². The fraction of sp³-hybridized carbons (Fsp3) is 0.364. The maximum Gasteiger partial charge on any atom is 0.274 e. The lowest BCUT2D eigenvalue weighted by molar-refractivity contribution is -0.143. The molecule has 0 spiro atoms.